The quantitative estimate of drug-likeness (QED) is 0.342. The number of hydrogen-bond donors (Lipinski definition) is 2. The van der Waals surface area contributed by atoms with Crippen molar-refractivity contribution in [3.05, 3.63) is 107 Å². The summed E-state index contributed by atoms with van der Waals surface area (Å²) in [5.74, 6) is -1.47. The van der Waals surface area contributed by atoms with Crippen LogP contribution >= 0.6 is 0 Å². The maximum absolute atomic E-state index is 12.7. The first-order valence-electron chi connectivity index (χ1n) is 11.8. The van der Waals surface area contributed by atoms with Crippen molar-refractivity contribution < 1.29 is 19.1 Å². The molecule has 0 fully saturated rings. The fourth-order valence-corrected chi connectivity index (χ4v) is 3.89. The second-order valence-electron chi connectivity index (χ2n) is 8.67. The summed E-state index contributed by atoms with van der Waals surface area (Å²) in [4.78, 5) is 37.8. The molecular weight excluding hydrogens is 468 g/mol. The number of benzene rings is 3. The Morgan fingerprint density at radius 1 is 0.811 bits per heavy atom. The van der Waals surface area contributed by atoms with Crippen molar-refractivity contribution in [2.45, 2.75) is 27.2 Å². The Kier molecular flexibility index (Phi) is 7.78. The van der Waals surface area contributed by atoms with Crippen molar-refractivity contribution in [3.63, 3.8) is 0 Å². The number of esters is 1. The summed E-state index contributed by atoms with van der Waals surface area (Å²) < 4.78 is 7.01. The number of aryl methyl sites for hydroxylation is 2. The normalized spacial score (nSPS) is 10.6. The Morgan fingerprint density at radius 3 is 2.22 bits per heavy atom. The fraction of sp³-hybridized carbons (Fsp3) is 0.172. The number of amides is 2. The lowest BCUT2D eigenvalue weighted by Gasteiger charge is -2.11. The molecule has 37 heavy (non-hydrogen) atoms. The summed E-state index contributed by atoms with van der Waals surface area (Å²) in [7, 11) is 0. The molecule has 188 valence electrons. The number of para-hydroxylation sites is 1. The number of carbonyl (C=O) groups excluding carboxylic acids is 3. The van der Waals surface area contributed by atoms with Gasteiger partial charge in [-0.2, -0.15) is 5.10 Å². The van der Waals surface area contributed by atoms with E-state index in [1.165, 1.54) is 6.07 Å². The van der Waals surface area contributed by atoms with Crippen LogP contribution in [0.4, 0.5) is 11.4 Å². The SMILES string of the molecule is Cc1ccc(-n2nc(C)c(NC(=O)COC(=O)c3ccccc3NC(=O)Cc3ccccc3)c2C)cc1. The molecule has 4 rings (SSSR count). The highest BCUT2D eigenvalue weighted by molar-refractivity contribution is 6.03. The Bertz CT molecular complexity index is 1430. The van der Waals surface area contributed by atoms with Crippen LogP contribution in [0.2, 0.25) is 0 Å². The minimum absolute atomic E-state index is 0.163. The highest BCUT2D eigenvalue weighted by Gasteiger charge is 2.19. The number of hydrogen-bond acceptors (Lipinski definition) is 5. The standard InChI is InChI=1S/C29H28N4O4/c1-19-13-15-23(16-14-19)33-21(3)28(20(2)32-33)31-27(35)18-37-29(36)24-11-7-8-12-25(24)30-26(34)17-22-9-5-4-6-10-22/h4-16H,17-18H2,1-3H3,(H,30,34)(H,31,35). The molecule has 1 heterocycles. The molecule has 0 radical (unpaired) electrons. The number of ether oxygens (including phenoxy) is 1. The third kappa shape index (κ3) is 6.29. The van der Waals surface area contributed by atoms with Crippen molar-refractivity contribution >= 4 is 29.2 Å². The fourth-order valence-electron chi connectivity index (χ4n) is 3.89. The smallest absolute Gasteiger partial charge is 0.340 e. The zero-order valence-corrected chi connectivity index (χ0v) is 20.9. The van der Waals surface area contributed by atoms with Crippen molar-refractivity contribution in [2.24, 2.45) is 0 Å². The van der Waals surface area contributed by atoms with E-state index in [0.29, 0.717) is 17.1 Å². The first kappa shape index (κ1) is 25.4. The van der Waals surface area contributed by atoms with Crippen LogP contribution < -0.4 is 10.6 Å². The van der Waals surface area contributed by atoms with Crippen molar-refractivity contribution in [3.8, 4) is 5.69 Å². The Balaban J connectivity index is 1.38. The van der Waals surface area contributed by atoms with Crippen LogP contribution in [0, 0.1) is 20.8 Å². The lowest BCUT2D eigenvalue weighted by atomic mass is 10.1. The molecule has 0 spiro atoms. The predicted octanol–water partition coefficient (Wildman–Crippen LogP) is 4.77. The molecule has 0 saturated carbocycles. The van der Waals surface area contributed by atoms with Gasteiger partial charge in [0.15, 0.2) is 6.61 Å². The van der Waals surface area contributed by atoms with Crippen LogP contribution in [0.5, 0.6) is 0 Å². The largest absolute Gasteiger partial charge is 0.452 e. The topological polar surface area (TPSA) is 102 Å². The van der Waals surface area contributed by atoms with Gasteiger partial charge in [0.25, 0.3) is 5.91 Å². The summed E-state index contributed by atoms with van der Waals surface area (Å²) in [5, 5.41) is 10.1. The zero-order chi connectivity index (χ0) is 26.4. The van der Waals surface area contributed by atoms with E-state index in [4.69, 9.17) is 4.74 Å². The van der Waals surface area contributed by atoms with E-state index in [2.05, 4.69) is 15.7 Å². The summed E-state index contributed by atoms with van der Waals surface area (Å²) in [6.07, 6.45) is 0.168. The van der Waals surface area contributed by atoms with Gasteiger partial charge in [-0.3, -0.25) is 9.59 Å². The second kappa shape index (κ2) is 11.3. The highest BCUT2D eigenvalue weighted by Crippen LogP contribution is 2.23. The molecule has 0 bridgehead atoms. The van der Waals surface area contributed by atoms with Crippen molar-refractivity contribution in [1.29, 1.82) is 0 Å². The van der Waals surface area contributed by atoms with Gasteiger partial charge >= 0.3 is 5.97 Å². The minimum Gasteiger partial charge on any atom is -0.452 e. The van der Waals surface area contributed by atoms with Gasteiger partial charge in [-0.05, 0) is 50.6 Å². The molecule has 0 aliphatic rings. The number of carbonyl (C=O) groups is 3. The third-order valence-corrected chi connectivity index (χ3v) is 5.80. The lowest BCUT2D eigenvalue weighted by Crippen LogP contribution is -2.22. The van der Waals surface area contributed by atoms with Gasteiger partial charge in [-0.15, -0.1) is 0 Å². The lowest BCUT2D eigenvalue weighted by molar-refractivity contribution is -0.119. The van der Waals surface area contributed by atoms with E-state index in [-0.39, 0.29) is 17.9 Å². The van der Waals surface area contributed by atoms with E-state index in [0.717, 1.165) is 22.5 Å². The molecule has 0 unspecified atom stereocenters. The third-order valence-electron chi connectivity index (χ3n) is 5.80. The first-order chi connectivity index (χ1) is 17.8. The molecule has 8 nitrogen and oxygen atoms in total. The van der Waals surface area contributed by atoms with E-state index in [1.54, 1.807) is 29.8 Å². The van der Waals surface area contributed by atoms with Crippen molar-refractivity contribution in [2.75, 3.05) is 17.2 Å². The number of anilines is 2. The van der Waals surface area contributed by atoms with Gasteiger partial charge in [0.05, 0.1) is 40.4 Å². The average molecular weight is 497 g/mol. The Labute approximate surface area is 215 Å². The number of aromatic nitrogens is 2. The Morgan fingerprint density at radius 2 is 1.49 bits per heavy atom. The van der Waals surface area contributed by atoms with Crippen molar-refractivity contribution in [1.82, 2.24) is 9.78 Å². The van der Waals surface area contributed by atoms with E-state index in [9.17, 15) is 14.4 Å². The van der Waals surface area contributed by atoms with E-state index in [1.807, 2.05) is 68.4 Å². The molecule has 1 aromatic heterocycles. The maximum atomic E-state index is 12.7. The summed E-state index contributed by atoms with van der Waals surface area (Å²) >= 11 is 0. The molecule has 0 aliphatic carbocycles. The monoisotopic (exact) mass is 496 g/mol. The van der Waals surface area contributed by atoms with Gasteiger partial charge in [-0.1, -0.05) is 60.2 Å². The summed E-state index contributed by atoms with van der Waals surface area (Å²) in [6, 6.07) is 23.7. The average Bonchev–Trinajstić information content (AvgIpc) is 3.17. The van der Waals surface area contributed by atoms with Crippen LogP contribution in [0.15, 0.2) is 78.9 Å². The minimum atomic E-state index is -0.713. The maximum Gasteiger partial charge on any atom is 0.340 e. The summed E-state index contributed by atoms with van der Waals surface area (Å²) in [6.45, 7) is 5.18. The molecule has 4 aromatic rings. The summed E-state index contributed by atoms with van der Waals surface area (Å²) in [5.41, 5.74) is 5.32. The van der Waals surface area contributed by atoms with Crippen LogP contribution in [0.25, 0.3) is 5.69 Å². The molecule has 2 amide bonds. The molecule has 0 atom stereocenters. The number of nitrogens with one attached hydrogen (secondary N) is 2. The number of nitrogens with zero attached hydrogens (tertiary/aromatic N) is 2. The number of rotatable bonds is 8. The van der Waals surface area contributed by atoms with E-state index >= 15 is 0 Å². The van der Waals surface area contributed by atoms with Crippen LogP contribution in [0.3, 0.4) is 0 Å². The van der Waals surface area contributed by atoms with Crippen LogP contribution in [-0.2, 0) is 20.7 Å². The second-order valence-corrected chi connectivity index (χ2v) is 8.67. The Hall–Kier alpha value is -4.72. The molecule has 8 heteroatoms. The first-order valence-corrected chi connectivity index (χ1v) is 11.8. The molecule has 2 N–H and O–H groups in total. The van der Waals surface area contributed by atoms with Gasteiger partial charge in [0, 0.05) is 0 Å². The van der Waals surface area contributed by atoms with Gasteiger partial charge in [-0.25, -0.2) is 9.48 Å². The van der Waals surface area contributed by atoms with Crippen LogP contribution in [-0.4, -0.2) is 34.2 Å². The van der Waals surface area contributed by atoms with Gasteiger partial charge in [0.1, 0.15) is 0 Å². The van der Waals surface area contributed by atoms with Gasteiger partial charge in [0.2, 0.25) is 5.91 Å². The highest BCUT2D eigenvalue weighted by atomic mass is 16.5. The predicted molar refractivity (Wildman–Crippen MR) is 142 cm³/mol. The van der Waals surface area contributed by atoms with Gasteiger partial charge < -0.3 is 15.4 Å². The van der Waals surface area contributed by atoms with Crippen LogP contribution in [0.1, 0.15) is 32.9 Å². The zero-order valence-electron chi connectivity index (χ0n) is 20.9. The molecule has 0 aliphatic heterocycles. The van der Waals surface area contributed by atoms with E-state index < -0.39 is 18.5 Å². The molecule has 0 saturated heterocycles. The molecule has 3 aromatic carbocycles. The molecular formula is C29H28N4O4.